The minimum absolute atomic E-state index is 0.272. The smallest absolute Gasteiger partial charge is 0.191 e. The third kappa shape index (κ3) is 6.81. The number of guanidine groups is 1. The average molecular weight is 440 g/mol. The largest absolute Gasteiger partial charge is 0.489 e. The van der Waals surface area contributed by atoms with Crippen LogP contribution in [-0.4, -0.2) is 33.9 Å². The van der Waals surface area contributed by atoms with Gasteiger partial charge in [-0.15, -0.1) is 0 Å². The van der Waals surface area contributed by atoms with Gasteiger partial charge in [-0.05, 0) is 49.2 Å². The van der Waals surface area contributed by atoms with Gasteiger partial charge in [0.1, 0.15) is 23.8 Å². The van der Waals surface area contributed by atoms with Gasteiger partial charge in [0.05, 0.1) is 19.3 Å². The molecule has 0 saturated heterocycles. The number of hydrogen-bond donors (Lipinski definition) is 3. The third-order valence-electron chi connectivity index (χ3n) is 4.91. The number of benzene rings is 2. The lowest BCUT2D eigenvalue weighted by Crippen LogP contribution is -2.44. The Bertz CT molecular complexity index is 1030. The zero-order valence-corrected chi connectivity index (χ0v) is 18.7. The lowest BCUT2D eigenvalue weighted by atomic mass is 10.00. The fourth-order valence-electron chi connectivity index (χ4n) is 3.05. The van der Waals surface area contributed by atoms with Crippen molar-refractivity contribution in [3.05, 3.63) is 83.4 Å². The molecule has 3 aromatic rings. The first kappa shape index (κ1) is 23.3. The molecule has 0 saturated carbocycles. The third-order valence-corrected chi connectivity index (χ3v) is 4.91. The maximum Gasteiger partial charge on any atom is 0.191 e. The number of halogens is 1. The molecule has 0 aliphatic carbocycles. The van der Waals surface area contributed by atoms with Crippen molar-refractivity contribution in [1.82, 2.24) is 20.4 Å². The summed E-state index contributed by atoms with van der Waals surface area (Å²) in [4.78, 5) is 4.60. The standard InChI is InChI=1S/C24H30FN5O2/c1-4-26-23(28-17-24(2,31)20-14-29-30(3)15-20)27-13-18-8-10-22(11-9-18)32-16-19-6-5-7-21(25)12-19/h5-12,14-15,31H,4,13,16-17H2,1-3H3,(H2,26,27,28). The molecule has 3 rings (SSSR count). The van der Waals surface area contributed by atoms with Gasteiger partial charge in [-0.3, -0.25) is 4.68 Å². The summed E-state index contributed by atoms with van der Waals surface area (Å²) in [5.41, 5.74) is 1.45. The first-order chi connectivity index (χ1) is 15.4. The van der Waals surface area contributed by atoms with E-state index in [1.165, 1.54) is 12.1 Å². The Morgan fingerprint density at radius 2 is 1.97 bits per heavy atom. The Kier molecular flexibility index (Phi) is 7.83. The van der Waals surface area contributed by atoms with Crippen LogP contribution in [0.15, 0.2) is 65.9 Å². The van der Waals surface area contributed by atoms with Crippen LogP contribution in [0.5, 0.6) is 5.75 Å². The van der Waals surface area contributed by atoms with Crippen LogP contribution in [-0.2, 0) is 25.8 Å². The fraction of sp³-hybridized carbons (Fsp3) is 0.333. The van der Waals surface area contributed by atoms with Gasteiger partial charge in [-0.25, -0.2) is 9.38 Å². The van der Waals surface area contributed by atoms with E-state index in [0.29, 0.717) is 31.4 Å². The molecule has 1 atom stereocenters. The molecule has 0 aliphatic heterocycles. The van der Waals surface area contributed by atoms with Crippen LogP contribution in [0, 0.1) is 5.82 Å². The number of nitrogens with zero attached hydrogens (tertiary/aromatic N) is 3. The molecule has 0 aliphatic rings. The summed E-state index contributed by atoms with van der Waals surface area (Å²) >= 11 is 0. The van der Waals surface area contributed by atoms with E-state index in [2.05, 4.69) is 20.7 Å². The molecule has 0 amide bonds. The van der Waals surface area contributed by atoms with Crippen LogP contribution in [0.4, 0.5) is 4.39 Å². The van der Waals surface area contributed by atoms with Crippen molar-refractivity contribution in [1.29, 1.82) is 0 Å². The molecule has 0 fully saturated rings. The van der Waals surface area contributed by atoms with Gasteiger partial charge in [0, 0.05) is 25.4 Å². The minimum atomic E-state index is -1.08. The summed E-state index contributed by atoms with van der Waals surface area (Å²) < 4.78 is 20.6. The van der Waals surface area contributed by atoms with E-state index in [0.717, 1.165) is 16.7 Å². The van der Waals surface area contributed by atoms with Crippen molar-refractivity contribution in [2.75, 3.05) is 13.1 Å². The highest BCUT2D eigenvalue weighted by molar-refractivity contribution is 5.79. The molecule has 2 aromatic carbocycles. The quantitative estimate of drug-likeness (QED) is 0.353. The van der Waals surface area contributed by atoms with E-state index in [1.807, 2.05) is 44.3 Å². The molecule has 0 bridgehead atoms. The summed E-state index contributed by atoms with van der Waals surface area (Å²) in [6, 6.07) is 14.0. The van der Waals surface area contributed by atoms with Crippen molar-refractivity contribution in [3.8, 4) is 5.75 Å². The maximum atomic E-state index is 13.3. The number of aromatic nitrogens is 2. The number of aliphatic hydroxyl groups is 1. The molecule has 0 spiro atoms. The summed E-state index contributed by atoms with van der Waals surface area (Å²) in [7, 11) is 1.82. The fourth-order valence-corrected chi connectivity index (χ4v) is 3.05. The Morgan fingerprint density at radius 3 is 2.62 bits per heavy atom. The van der Waals surface area contributed by atoms with E-state index in [1.54, 1.807) is 30.1 Å². The first-order valence-corrected chi connectivity index (χ1v) is 10.6. The van der Waals surface area contributed by atoms with E-state index >= 15 is 0 Å². The number of nitrogens with one attached hydrogen (secondary N) is 2. The highest BCUT2D eigenvalue weighted by Gasteiger charge is 2.24. The lowest BCUT2D eigenvalue weighted by Gasteiger charge is -2.23. The molecule has 1 unspecified atom stereocenters. The Labute approximate surface area is 188 Å². The highest BCUT2D eigenvalue weighted by atomic mass is 19.1. The zero-order valence-electron chi connectivity index (χ0n) is 18.7. The van der Waals surface area contributed by atoms with Gasteiger partial charge in [-0.1, -0.05) is 24.3 Å². The summed E-state index contributed by atoms with van der Waals surface area (Å²) in [5, 5.41) is 21.2. The molecule has 7 nitrogen and oxygen atoms in total. The molecular formula is C24H30FN5O2. The normalized spacial score (nSPS) is 13.5. The Balaban J connectivity index is 1.54. The Hall–Kier alpha value is -3.39. The molecule has 32 heavy (non-hydrogen) atoms. The maximum absolute atomic E-state index is 13.3. The predicted octanol–water partition coefficient (Wildman–Crippen LogP) is 3.10. The first-order valence-electron chi connectivity index (χ1n) is 10.6. The van der Waals surface area contributed by atoms with Gasteiger partial charge in [0.25, 0.3) is 0 Å². The van der Waals surface area contributed by atoms with Crippen LogP contribution >= 0.6 is 0 Å². The lowest BCUT2D eigenvalue weighted by molar-refractivity contribution is 0.0616. The number of rotatable bonds is 9. The van der Waals surface area contributed by atoms with Gasteiger partial charge in [0.15, 0.2) is 5.96 Å². The molecule has 1 heterocycles. The summed E-state index contributed by atoms with van der Waals surface area (Å²) in [6.07, 6.45) is 3.45. The highest BCUT2D eigenvalue weighted by Crippen LogP contribution is 2.18. The predicted molar refractivity (Wildman–Crippen MR) is 123 cm³/mol. The van der Waals surface area contributed by atoms with Gasteiger partial charge >= 0.3 is 0 Å². The van der Waals surface area contributed by atoms with Crippen LogP contribution in [0.25, 0.3) is 0 Å². The summed E-state index contributed by atoms with van der Waals surface area (Å²) in [5.74, 6) is 1.05. The van der Waals surface area contributed by atoms with Gasteiger partial charge in [0.2, 0.25) is 0 Å². The minimum Gasteiger partial charge on any atom is -0.489 e. The van der Waals surface area contributed by atoms with Crippen LogP contribution in [0.1, 0.15) is 30.5 Å². The van der Waals surface area contributed by atoms with Crippen molar-refractivity contribution >= 4 is 5.96 Å². The number of ether oxygens (including phenoxy) is 1. The topological polar surface area (TPSA) is 83.7 Å². The molecule has 1 aromatic heterocycles. The molecule has 3 N–H and O–H groups in total. The SMILES string of the molecule is CCNC(=NCc1ccc(OCc2cccc(F)c2)cc1)NCC(C)(O)c1cnn(C)c1. The van der Waals surface area contributed by atoms with Crippen LogP contribution in [0.3, 0.4) is 0 Å². The van der Waals surface area contributed by atoms with E-state index in [9.17, 15) is 9.50 Å². The number of aliphatic imine (C=N–C) groups is 1. The van der Waals surface area contributed by atoms with E-state index < -0.39 is 5.60 Å². The van der Waals surface area contributed by atoms with Crippen molar-refractivity contribution in [3.63, 3.8) is 0 Å². The van der Waals surface area contributed by atoms with Crippen LogP contribution < -0.4 is 15.4 Å². The zero-order chi connectivity index (χ0) is 23.0. The van der Waals surface area contributed by atoms with Gasteiger partial charge in [-0.2, -0.15) is 5.10 Å². The second-order valence-corrected chi connectivity index (χ2v) is 7.79. The van der Waals surface area contributed by atoms with Crippen LogP contribution in [0.2, 0.25) is 0 Å². The van der Waals surface area contributed by atoms with Crippen molar-refractivity contribution in [2.45, 2.75) is 32.6 Å². The number of hydrogen-bond acceptors (Lipinski definition) is 4. The molecule has 8 heteroatoms. The molecule has 170 valence electrons. The second kappa shape index (κ2) is 10.8. The van der Waals surface area contributed by atoms with E-state index in [4.69, 9.17) is 4.74 Å². The summed E-state index contributed by atoms with van der Waals surface area (Å²) in [6.45, 7) is 5.49. The molecular weight excluding hydrogens is 409 g/mol. The van der Waals surface area contributed by atoms with Crippen molar-refractivity contribution in [2.24, 2.45) is 12.0 Å². The second-order valence-electron chi connectivity index (χ2n) is 7.79. The Morgan fingerprint density at radius 1 is 1.19 bits per heavy atom. The monoisotopic (exact) mass is 439 g/mol. The van der Waals surface area contributed by atoms with Crippen molar-refractivity contribution < 1.29 is 14.2 Å². The average Bonchev–Trinajstić information content (AvgIpc) is 3.22. The molecule has 0 radical (unpaired) electrons. The number of aryl methyl sites for hydroxylation is 1. The van der Waals surface area contributed by atoms with E-state index in [-0.39, 0.29) is 12.4 Å². The van der Waals surface area contributed by atoms with Gasteiger partial charge < -0.3 is 20.5 Å².